The summed E-state index contributed by atoms with van der Waals surface area (Å²) in [6.45, 7) is 7.42. The van der Waals surface area contributed by atoms with Crippen molar-refractivity contribution in [1.82, 2.24) is 14.7 Å². The fourth-order valence-electron chi connectivity index (χ4n) is 3.55. The number of hydrogen-bond acceptors (Lipinski definition) is 5. The molecule has 2 aliphatic rings. The zero-order valence-electron chi connectivity index (χ0n) is 17.3. The highest BCUT2D eigenvalue weighted by molar-refractivity contribution is 5.92. The Morgan fingerprint density at radius 2 is 1.66 bits per heavy atom. The molecule has 0 spiro atoms. The third-order valence-corrected chi connectivity index (χ3v) is 5.02. The fourth-order valence-corrected chi connectivity index (χ4v) is 3.55. The van der Waals surface area contributed by atoms with Gasteiger partial charge in [-0.2, -0.15) is 0 Å². The van der Waals surface area contributed by atoms with Gasteiger partial charge in [-0.15, -0.1) is 0 Å². The highest BCUT2D eigenvalue weighted by Gasteiger charge is 2.40. The van der Waals surface area contributed by atoms with Crippen LogP contribution in [0.15, 0.2) is 30.3 Å². The topological polar surface area (TPSA) is 79.4 Å². The van der Waals surface area contributed by atoms with Crippen LogP contribution in [0.25, 0.3) is 0 Å². The molecule has 1 aromatic rings. The van der Waals surface area contributed by atoms with Gasteiger partial charge in [-0.05, 0) is 39.2 Å². The molecule has 2 aliphatic heterocycles. The second-order valence-corrected chi connectivity index (χ2v) is 8.37. The molecule has 0 saturated carbocycles. The number of benzene rings is 1. The van der Waals surface area contributed by atoms with Crippen LogP contribution in [0.4, 0.5) is 14.4 Å². The van der Waals surface area contributed by atoms with E-state index >= 15 is 0 Å². The molecule has 1 aromatic carbocycles. The SMILES string of the molecule is CC(C)(C)OC(=O)N1CCN(C2CCN(C(=O)OCc3ccccc3)CC2)C1=O. The lowest BCUT2D eigenvalue weighted by molar-refractivity contribution is 0.0343. The number of hydrogen-bond donors (Lipinski definition) is 0. The highest BCUT2D eigenvalue weighted by Crippen LogP contribution is 2.23. The van der Waals surface area contributed by atoms with E-state index in [1.165, 1.54) is 0 Å². The molecular formula is C21H29N3O5. The molecule has 0 aliphatic carbocycles. The zero-order valence-corrected chi connectivity index (χ0v) is 17.3. The van der Waals surface area contributed by atoms with Crippen LogP contribution in [0.3, 0.4) is 0 Å². The molecule has 2 heterocycles. The van der Waals surface area contributed by atoms with Crippen molar-refractivity contribution in [2.75, 3.05) is 26.2 Å². The van der Waals surface area contributed by atoms with E-state index in [2.05, 4.69) is 0 Å². The van der Waals surface area contributed by atoms with Gasteiger partial charge >= 0.3 is 18.2 Å². The average molecular weight is 403 g/mol. The molecule has 4 amide bonds. The minimum Gasteiger partial charge on any atom is -0.445 e. The van der Waals surface area contributed by atoms with Gasteiger partial charge in [0, 0.05) is 25.7 Å². The normalized spacial score (nSPS) is 18.2. The van der Waals surface area contributed by atoms with E-state index in [0.29, 0.717) is 39.0 Å². The van der Waals surface area contributed by atoms with Crippen molar-refractivity contribution in [2.45, 2.75) is 51.9 Å². The quantitative estimate of drug-likeness (QED) is 0.772. The van der Waals surface area contributed by atoms with Gasteiger partial charge < -0.3 is 19.3 Å². The number of ether oxygens (including phenoxy) is 2. The van der Waals surface area contributed by atoms with Crippen LogP contribution in [-0.4, -0.2) is 70.7 Å². The first-order valence-electron chi connectivity index (χ1n) is 10.0. The lowest BCUT2D eigenvalue weighted by Crippen LogP contribution is -2.48. The number of carbonyl (C=O) groups is 3. The number of likely N-dealkylation sites (tertiary alicyclic amines) is 1. The standard InChI is InChI=1S/C21H29N3O5/c1-21(2,3)29-20(27)24-14-13-23(18(24)25)17-9-11-22(12-10-17)19(26)28-15-16-7-5-4-6-8-16/h4-8,17H,9-15H2,1-3H3. The van der Waals surface area contributed by atoms with Crippen LogP contribution in [0.1, 0.15) is 39.2 Å². The summed E-state index contributed by atoms with van der Waals surface area (Å²) in [5.41, 5.74) is 0.302. The lowest BCUT2D eigenvalue weighted by Gasteiger charge is -2.35. The van der Waals surface area contributed by atoms with Crippen LogP contribution in [0.5, 0.6) is 0 Å². The van der Waals surface area contributed by atoms with Gasteiger partial charge in [-0.1, -0.05) is 30.3 Å². The van der Waals surface area contributed by atoms with Gasteiger partial charge in [0.15, 0.2) is 0 Å². The maximum absolute atomic E-state index is 12.7. The molecule has 0 unspecified atom stereocenters. The van der Waals surface area contributed by atoms with Crippen LogP contribution in [0.2, 0.25) is 0 Å². The second kappa shape index (κ2) is 8.71. The molecule has 8 nitrogen and oxygen atoms in total. The predicted molar refractivity (Wildman–Crippen MR) is 106 cm³/mol. The molecule has 3 rings (SSSR count). The molecule has 0 aromatic heterocycles. The van der Waals surface area contributed by atoms with E-state index in [9.17, 15) is 14.4 Å². The molecule has 0 atom stereocenters. The van der Waals surface area contributed by atoms with Crippen LogP contribution in [-0.2, 0) is 16.1 Å². The van der Waals surface area contributed by atoms with Gasteiger partial charge in [0.05, 0.1) is 6.54 Å². The molecular weight excluding hydrogens is 374 g/mol. The number of piperidine rings is 1. The Hall–Kier alpha value is -2.77. The van der Waals surface area contributed by atoms with Crippen molar-refractivity contribution in [3.63, 3.8) is 0 Å². The molecule has 0 bridgehead atoms. The highest BCUT2D eigenvalue weighted by atomic mass is 16.6. The Balaban J connectivity index is 1.46. The first kappa shape index (κ1) is 21.0. The number of imide groups is 1. The minimum absolute atomic E-state index is 0.00751. The van der Waals surface area contributed by atoms with Crippen molar-refractivity contribution >= 4 is 18.2 Å². The third-order valence-electron chi connectivity index (χ3n) is 5.02. The van der Waals surface area contributed by atoms with Crippen LogP contribution in [0, 0.1) is 0 Å². The second-order valence-electron chi connectivity index (χ2n) is 8.37. The summed E-state index contributed by atoms with van der Waals surface area (Å²) in [5.74, 6) is 0. The van der Waals surface area contributed by atoms with E-state index in [1.807, 2.05) is 30.3 Å². The van der Waals surface area contributed by atoms with Gasteiger partial charge in [0.1, 0.15) is 12.2 Å². The predicted octanol–water partition coefficient (Wildman–Crippen LogP) is 3.46. The van der Waals surface area contributed by atoms with E-state index in [0.717, 1.165) is 10.5 Å². The van der Waals surface area contributed by atoms with E-state index in [-0.39, 0.29) is 24.8 Å². The largest absolute Gasteiger partial charge is 0.445 e. The first-order chi connectivity index (χ1) is 13.7. The molecule has 0 N–H and O–H groups in total. The molecule has 2 fully saturated rings. The molecule has 158 valence electrons. The smallest absolute Gasteiger partial charge is 0.418 e. The molecule has 0 radical (unpaired) electrons. The van der Waals surface area contributed by atoms with E-state index in [4.69, 9.17) is 9.47 Å². The maximum atomic E-state index is 12.7. The molecule has 29 heavy (non-hydrogen) atoms. The summed E-state index contributed by atoms with van der Waals surface area (Å²) in [4.78, 5) is 41.7. The third kappa shape index (κ3) is 5.40. The van der Waals surface area contributed by atoms with Gasteiger partial charge in [0.25, 0.3) is 0 Å². The average Bonchev–Trinajstić information content (AvgIpc) is 3.07. The van der Waals surface area contributed by atoms with E-state index < -0.39 is 11.7 Å². The van der Waals surface area contributed by atoms with Crippen molar-refractivity contribution in [3.05, 3.63) is 35.9 Å². The van der Waals surface area contributed by atoms with Crippen molar-refractivity contribution < 1.29 is 23.9 Å². The number of amides is 4. The Morgan fingerprint density at radius 1 is 1.00 bits per heavy atom. The Kier molecular flexibility index (Phi) is 6.30. The summed E-state index contributed by atoms with van der Waals surface area (Å²) >= 11 is 0. The fraction of sp³-hybridized carbons (Fsp3) is 0.571. The monoisotopic (exact) mass is 403 g/mol. The lowest BCUT2D eigenvalue weighted by atomic mass is 10.0. The van der Waals surface area contributed by atoms with Crippen LogP contribution >= 0.6 is 0 Å². The maximum Gasteiger partial charge on any atom is 0.418 e. The van der Waals surface area contributed by atoms with Crippen molar-refractivity contribution in [2.24, 2.45) is 0 Å². The summed E-state index contributed by atoms with van der Waals surface area (Å²) < 4.78 is 10.7. The van der Waals surface area contributed by atoms with Gasteiger partial charge in [0.2, 0.25) is 0 Å². The Morgan fingerprint density at radius 3 is 2.28 bits per heavy atom. The molecule has 8 heteroatoms. The zero-order chi connectivity index (χ0) is 21.0. The number of rotatable bonds is 3. The first-order valence-corrected chi connectivity index (χ1v) is 10.0. The minimum atomic E-state index is -0.643. The summed E-state index contributed by atoms with van der Waals surface area (Å²) in [6, 6.07) is 9.24. The summed E-state index contributed by atoms with van der Waals surface area (Å²) in [6.07, 6.45) is 0.380. The van der Waals surface area contributed by atoms with Gasteiger partial charge in [-0.3, -0.25) is 0 Å². The Labute approximate surface area is 171 Å². The Bertz CT molecular complexity index is 738. The summed E-state index contributed by atoms with van der Waals surface area (Å²) in [7, 11) is 0. The number of nitrogens with zero attached hydrogens (tertiary/aromatic N) is 3. The van der Waals surface area contributed by atoms with E-state index in [1.54, 1.807) is 30.6 Å². The number of urea groups is 1. The number of carbonyl (C=O) groups excluding carboxylic acids is 3. The van der Waals surface area contributed by atoms with Crippen molar-refractivity contribution in [3.8, 4) is 0 Å². The van der Waals surface area contributed by atoms with Crippen LogP contribution < -0.4 is 0 Å². The molecule has 2 saturated heterocycles. The van der Waals surface area contributed by atoms with Gasteiger partial charge in [-0.25, -0.2) is 19.3 Å². The summed E-state index contributed by atoms with van der Waals surface area (Å²) in [5, 5.41) is 0. The van der Waals surface area contributed by atoms with Crippen molar-refractivity contribution in [1.29, 1.82) is 0 Å².